The van der Waals surface area contributed by atoms with Gasteiger partial charge in [0.2, 0.25) is 5.91 Å². The average molecular weight is 328 g/mol. The quantitative estimate of drug-likeness (QED) is 0.904. The number of carbonyl (C=O) groups excluding carboxylic acids is 2. The average Bonchev–Trinajstić information content (AvgIpc) is 3.34. The summed E-state index contributed by atoms with van der Waals surface area (Å²) in [6.45, 7) is 2.01. The third-order valence-corrected chi connectivity index (χ3v) is 5.18. The Balaban J connectivity index is 1.67. The Kier molecular flexibility index (Phi) is 4.48. The van der Waals surface area contributed by atoms with Crippen LogP contribution in [0.5, 0.6) is 0 Å². The molecule has 2 aromatic rings. The Morgan fingerprint density at radius 3 is 2.52 bits per heavy atom. The third-order valence-electron chi connectivity index (χ3n) is 4.19. The molecule has 5 heteroatoms. The number of hydrogen-bond donors (Lipinski definition) is 1. The molecule has 3 rings (SSSR count). The lowest BCUT2D eigenvalue weighted by Gasteiger charge is -2.24. The number of amides is 2. The minimum Gasteiger partial charge on any atom is -0.334 e. The maximum Gasteiger partial charge on any atom is 0.264 e. The molecule has 1 atom stereocenters. The van der Waals surface area contributed by atoms with Crippen molar-refractivity contribution >= 4 is 28.2 Å². The van der Waals surface area contributed by atoms with Gasteiger partial charge in [0.05, 0.1) is 15.9 Å². The Hall–Kier alpha value is -2.14. The van der Waals surface area contributed by atoms with Gasteiger partial charge in [-0.3, -0.25) is 9.59 Å². The summed E-state index contributed by atoms with van der Waals surface area (Å²) in [6, 6.07) is 13.5. The molecule has 1 aliphatic carbocycles. The Morgan fingerprint density at radius 2 is 1.87 bits per heavy atom. The van der Waals surface area contributed by atoms with E-state index >= 15 is 0 Å². The van der Waals surface area contributed by atoms with Gasteiger partial charge in [0.15, 0.2) is 0 Å². The highest BCUT2D eigenvalue weighted by atomic mass is 32.1. The van der Waals surface area contributed by atoms with Gasteiger partial charge in [0.1, 0.15) is 0 Å². The van der Waals surface area contributed by atoms with Crippen LogP contribution in [0.1, 0.15) is 41.0 Å². The fraction of sp³-hybridized carbons (Fsp3) is 0.333. The number of thiophene rings is 1. The lowest BCUT2D eigenvalue weighted by atomic mass is 10.1. The van der Waals surface area contributed by atoms with Crippen LogP contribution in [0.2, 0.25) is 0 Å². The molecule has 23 heavy (non-hydrogen) atoms. The molecule has 1 aromatic carbocycles. The van der Waals surface area contributed by atoms with Crippen LogP contribution < -0.4 is 5.32 Å². The second-order valence-corrected chi connectivity index (χ2v) is 7.01. The standard InChI is InChI=1S/C18H20N2O2S/c1-12(13-6-4-3-5-7-13)20(2)18(22)15-10-11-16(23-15)19-17(21)14-8-9-14/h3-7,10-12,14H,8-9H2,1-2H3,(H,19,21)/t12-/m1/s1. The summed E-state index contributed by atoms with van der Waals surface area (Å²) in [5, 5.41) is 3.63. The molecule has 0 saturated heterocycles. The number of anilines is 1. The van der Waals surface area contributed by atoms with Crippen molar-refractivity contribution in [3.05, 3.63) is 52.9 Å². The van der Waals surface area contributed by atoms with Crippen molar-refractivity contribution in [3.63, 3.8) is 0 Å². The van der Waals surface area contributed by atoms with E-state index in [9.17, 15) is 9.59 Å². The monoisotopic (exact) mass is 328 g/mol. The molecular formula is C18H20N2O2S. The van der Waals surface area contributed by atoms with E-state index < -0.39 is 0 Å². The molecule has 0 bridgehead atoms. The summed E-state index contributed by atoms with van der Waals surface area (Å²) >= 11 is 1.33. The van der Waals surface area contributed by atoms with Crippen LogP contribution in [0, 0.1) is 5.92 Å². The number of benzene rings is 1. The van der Waals surface area contributed by atoms with Gasteiger partial charge in [-0.1, -0.05) is 30.3 Å². The lowest BCUT2D eigenvalue weighted by Crippen LogP contribution is -2.29. The first-order valence-corrected chi connectivity index (χ1v) is 8.60. The molecule has 1 aromatic heterocycles. The third kappa shape index (κ3) is 3.62. The Bertz CT molecular complexity index is 707. The van der Waals surface area contributed by atoms with Gasteiger partial charge in [0.25, 0.3) is 5.91 Å². The van der Waals surface area contributed by atoms with E-state index in [0.717, 1.165) is 23.4 Å². The topological polar surface area (TPSA) is 49.4 Å². The number of hydrogen-bond acceptors (Lipinski definition) is 3. The van der Waals surface area contributed by atoms with Gasteiger partial charge in [-0.15, -0.1) is 11.3 Å². The molecule has 2 amide bonds. The highest BCUT2D eigenvalue weighted by Crippen LogP contribution is 2.32. The minimum absolute atomic E-state index is 0.00435. The van der Waals surface area contributed by atoms with Gasteiger partial charge >= 0.3 is 0 Å². The largest absolute Gasteiger partial charge is 0.334 e. The molecule has 1 N–H and O–H groups in total. The predicted octanol–water partition coefficient (Wildman–Crippen LogP) is 3.93. The van der Waals surface area contributed by atoms with Gasteiger partial charge in [-0.05, 0) is 37.5 Å². The highest BCUT2D eigenvalue weighted by Gasteiger charge is 2.30. The molecule has 120 valence electrons. The zero-order chi connectivity index (χ0) is 16.4. The van der Waals surface area contributed by atoms with E-state index in [2.05, 4.69) is 5.32 Å². The molecule has 4 nitrogen and oxygen atoms in total. The summed E-state index contributed by atoms with van der Waals surface area (Å²) in [7, 11) is 1.81. The minimum atomic E-state index is -0.0294. The van der Waals surface area contributed by atoms with E-state index in [-0.39, 0.29) is 23.8 Å². The smallest absolute Gasteiger partial charge is 0.264 e. The van der Waals surface area contributed by atoms with Crippen molar-refractivity contribution in [2.45, 2.75) is 25.8 Å². The second-order valence-electron chi connectivity index (χ2n) is 5.93. The maximum absolute atomic E-state index is 12.6. The van der Waals surface area contributed by atoms with Gasteiger partial charge in [-0.25, -0.2) is 0 Å². The number of rotatable bonds is 5. The van der Waals surface area contributed by atoms with E-state index in [1.165, 1.54) is 11.3 Å². The van der Waals surface area contributed by atoms with Crippen LogP contribution in [-0.2, 0) is 4.79 Å². The molecular weight excluding hydrogens is 308 g/mol. The summed E-state index contributed by atoms with van der Waals surface area (Å²) in [4.78, 5) is 26.8. The normalized spacial score (nSPS) is 15.0. The first kappa shape index (κ1) is 15.7. The molecule has 0 spiro atoms. The van der Waals surface area contributed by atoms with E-state index in [1.807, 2.05) is 44.3 Å². The van der Waals surface area contributed by atoms with Crippen LogP contribution in [0.3, 0.4) is 0 Å². The highest BCUT2D eigenvalue weighted by molar-refractivity contribution is 7.18. The van der Waals surface area contributed by atoms with Crippen LogP contribution in [0.4, 0.5) is 5.00 Å². The SMILES string of the molecule is C[C@H](c1ccccc1)N(C)C(=O)c1ccc(NC(=O)C2CC2)s1. The van der Waals surface area contributed by atoms with Gasteiger partial charge in [0, 0.05) is 13.0 Å². The first-order chi connectivity index (χ1) is 11.1. The zero-order valence-electron chi connectivity index (χ0n) is 13.3. The summed E-state index contributed by atoms with van der Waals surface area (Å²) in [6.07, 6.45) is 1.95. The van der Waals surface area contributed by atoms with Crippen LogP contribution in [0.15, 0.2) is 42.5 Å². The summed E-state index contributed by atoms with van der Waals surface area (Å²) in [5.41, 5.74) is 1.10. The van der Waals surface area contributed by atoms with E-state index in [1.54, 1.807) is 17.0 Å². The Morgan fingerprint density at radius 1 is 1.17 bits per heavy atom. The number of carbonyl (C=O) groups is 2. The predicted molar refractivity (Wildman–Crippen MR) is 92.6 cm³/mol. The molecule has 1 aliphatic rings. The maximum atomic E-state index is 12.6. The van der Waals surface area contributed by atoms with Crippen LogP contribution >= 0.6 is 11.3 Å². The van der Waals surface area contributed by atoms with Crippen LogP contribution in [0.25, 0.3) is 0 Å². The van der Waals surface area contributed by atoms with Crippen molar-refractivity contribution in [2.75, 3.05) is 12.4 Å². The van der Waals surface area contributed by atoms with Crippen molar-refractivity contribution in [1.82, 2.24) is 4.90 Å². The van der Waals surface area contributed by atoms with Crippen LogP contribution in [-0.4, -0.2) is 23.8 Å². The molecule has 1 heterocycles. The fourth-order valence-electron chi connectivity index (χ4n) is 2.39. The first-order valence-electron chi connectivity index (χ1n) is 7.79. The van der Waals surface area contributed by atoms with Crippen molar-refractivity contribution in [2.24, 2.45) is 5.92 Å². The Labute approximate surface area is 140 Å². The second kappa shape index (κ2) is 6.54. The van der Waals surface area contributed by atoms with Gasteiger partial charge in [-0.2, -0.15) is 0 Å². The molecule has 0 aliphatic heterocycles. The van der Waals surface area contributed by atoms with Crippen molar-refractivity contribution in [3.8, 4) is 0 Å². The van der Waals surface area contributed by atoms with Gasteiger partial charge < -0.3 is 10.2 Å². The lowest BCUT2D eigenvalue weighted by molar-refractivity contribution is -0.117. The number of nitrogens with zero attached hydrogens (tertiary/aromatic N) is 1. The van der Waals surface area contributed by atoms with E-state index in [0.29, 0.717) is 4.88 Å². The molecule has 1 saturated carbocycles. The number of nitrogens with one attached hydrogen (secondary N) is 1. The van der Waals surface area contributed by atoms with Crippen molar-refractivity contribution in [1.29, 1.82) is 0 Å². The fourth-order valence-corrected chi connectivity index (χ4v) is 3.29. The summed E-state index contributed by atoms with van der Waals surface area (Å²) < 4.78 is 0. The molecule has 0 radical (unpaired) electrons. The molecule has 0 unspecified atom stereocenters. The van der Waals surface area contributed by atoms with E-state index in [4.69, 9.17) is 0 Å². The van der Waals surface area contributed by atoms with Crippen molar-refractivity contribution < 1.29 is 9.59 Å². The molecule has 1 fully saturated rings. The zero-order valence-corrected chi connectivity index (χ0v) is 14.1. The summed E-state index contributed by atoms with van der Waals surface area (Å²) in [5.74, 6) is 0.201.